The lowest BCUT2D eigenvalue weighted by Gasteiger charge is -2.08. The molecule has 3 rings (SSSR count). The summed E-state index contributed by atoms with van der Waals surface area (Å²) in [6.07, 6.45) is 0. The smallest absolute Gasteiger partial charge is 0.203 e. The first-order chi connectivity index (χ1) is 10.7. The standard InChI is InChI=1S/C14H8F4N2O2S/c1-7-2-4-8(5-3-7)23(21,22)20-10(15)6-9-11(16)12(17)13(18)19-14(9)20/h2-6H,1H3. The molecule has 1 aromatic carbocycles. The Labute approximate surface area is 128 Å². The van der Waals surface area contributed by atoms with Crippen LogP contribution in [0, 0.1) is 30.5 Å². The third kappa shape index (κ3) is 2.27. The van der Waals surface area contributed by atoms with E-state index in [4.69, 9.17) is 0 Å². The van der Waals surface area contributed by atoms with E-state index in [-0.39, 0.29) is 8.87 Å². The van der Waals surface area contributed by atoms with Crippen LogP contribution in [0.1, 0.15) is 5.56 Å². The Balaban J connectivity index is 2.36. The van der Waals surface area contributed by atoms with Crippen LogP contribution >= 0.6 is 0 Å². The van der Waals surface area contributed by atoms with Gasteiger partial charge in [-0.2, -0.15) is 22.1 Å². The van der Waals surface area contributed by atoms with E-state index in [1.54, 1.807) is 6.92 Å². The van der Waals surface area contributed by atoms with Gasteiger partial charge in [-0.25, -0.2) is 12.8 Å². The Hall–Kier alpha value is -2.42. The molecule has 2 heterocycles. The van der Waals surface area contributed by atoms with Crippen LogP contribution in [0.3, 0.4) is 0 Å². The third-order valence-corrected chi connectivity index (χ3v) is 4.96. The first-order valence-electron chi connectivity index (χ1n) is 6.27. The Kier molecular flexibility index (Phi) is 3.40. The van der Waals surface area contributed by atoms with Crippen molar-refractivity contribution in [2.24, 2.45) is 0 Å². The molecule has 0 atom stereocenters. The fraction of sp³-hybridized carbons (Fsp3) is 0.0714. The van der Waals surface area contributed by atoms with Gasteiger partial charge in [-0.1, -0.05) is 17.7 Å². The zero-order chi connectivity index (χ0) is 16.9. The average molecular weight is 344 g/mol. The number of pyridine rings is 1. The summed E-state index contributed by atoms with van der Waals surface area (Å²) >= 11 is 0. The lowest BCUT2D eigenvalue weighted by atomic mass is 10.2. The first-order valence-corrected chi connectivity index (χ1v) is 7.71. The van der Waals surface area contributed by atoms with Crippen LogP contribution in [0.25, 0.3) is 11.0 Å². The van der Waals surface area contributed by atoms with Crippen molar-refractivity contribution < 1.29 is 26.0 Å². The number of nitrogens with zero attached hydrogens (tertiary/aromatic N) is 2. The van der Waals surface area contributed by atoms with Crippen LogP contribution in [-0.4, -0.2) is 17.4 Å². The molecule has 0 N–H and O–H groups in total. The van der Waals surface area contributed by atoms with Crippen LogP contribution in [0.4, 0.5) is 17.6 Å². The van der Waals surface area contributed by atoms with E-state index in [1.165, 1.54) is 24.3 Å². The Morgan fingerprint density at radius 1 is 1.00 bits per heavy atom. The number of halogens is 4. The van der Waals surface area contributed by atoms with Gasteiger partial charge in [-0.3, -0.25) is 0 Å². The van der Waals surface area contributed by atoms with Crippen molar-refractivity contribution in [1.29, 1.82) is 0 Å². The van der Waals surface area contributed by atoms with Crippen LogP contribution in [-0.2, 0) is 10.0 Å². The summed E-state index contributed by atoms with van der Waals surface area (Å²) in [7, 11) is -4.49. The van der Waals surface area contributed by atoms with Gasteiger partial charge in [-0.15, -0.1) is 0 Å². The second kappa shape index (κ2) is 5.05. The Bertz CT molecular complexity index is 1030. The molecule has 0 spiro atoms. The second-order valence-electron chi connectivity index (χ2n) is 4.82. The van der Waals surface area contributed by atoms with Crippen molar-refractivity contribution in [2.45, 2.75) is 11.8 Å². The van der Waals surface area contributed by atoms with Gasteiger partial charge in [0.25, 0.3) is 16.0 Å². The average Bonchev–Trinajstić information content (AvgIpc) is 2.82. The largest absolute Gasteiger partial charge is 0.271 e. The summed E-state index contributed by atoms with van der Waals surface area (Å²) < 4.78 is 79.2. The molecule has 0 aliphatic heterocycles. The fourth-order valence-electron chi connectivity index (χ4n) is 2.12. The topological polar surface area (TPSA) is 52.0 Å². The van der Waals surface area contributed by atoms with Crippen molar-refractivity contribution in [1.82, 2.24) is 8.96 Å². The highest BCUT2D eigenvalue weighted by Crippen LogP contribution is 2.27. The van der Waals surface area contributed by atoms with Gasteiger partial charge < -0.3 is 0 Å². The molecule has 2 aromatic heterocycles. The molecule has 0 aliphatic carbocycles. The summed E-state index contributed by atoms with van der Waals surface area (Å²) in [5.74, 6) is -6.86. The summed E-state index contributed by atoms with van der Waals surface area (Å²) in [6, 6.07) is 5.83. The molecule has 0 amide bonds. The van der Waals surface area contributed by atoms with E-state index in [2.05, 4.69) is 4.98 Å². The maximum absolute atomic E-state index is 14.0. The van der Waals surface area contributed by atoms with Crippen molar-refractivity contribution in [2.75, 3.05) is 0 Å². The van der Waals surface area contributed by atoms with Crippen molar-refractivity contribution in [3.05, 3.63) is 59.4 Å². The number of hydrogen-bond acceptors (Lipinski definition) is 3. The molecular weight excluding hydrogens is 336 g/mol. The predicted octanol–water partition coefficient (Wildman–Crippen LogP) is 3.14. The summed E-state index contributed by atoms with van der Waals surface area (Å²) in [4.78, 5) is 2.73. The molecule has 3 aromatic rings. The quantitative estimate of drug-likeness (QED) is 0.530. The monoisotopic (exact) mass is 344 g/mol. The first kappa shape index (κ1) is 15.5. The highest BCUT2D eigenvalue weighted by Gasteiger charge is 2.28. The van der Waals surface area contributed by atoms with Crippen LogP contribution in [0.15, 0.2) is 35.2 Å². The lowest BCUT2D eigenvalue weighted by molar-refractivity contribution is 0.434. The molecule has 4 nitrogen and oxygen atoms in total. The minimum atomic E-state index is -4.49. The molecule has 23 heavy (non-hydrogen) atoms. The zero-order valence-corrected chi connectivity index (χ0v) is 12.3. The van der Waals surface area contributed by atoms with Crippen molar-refractivity contribution in [3.8, 4) is 0 Å². The number of aromatic nitrogens is 2. The molecule has 0 bridgehead atoms. The van der Waals surface area contributed by atoms with E-state index in [9.17, 15) is 26.0 Å². The molecule has 0 aliphatic rings. The van der Waals surface area contributed by atoms with E-state index < -0.39 is 44.6 Å². The summed E-state index contributed by atoms with van der Waals surface area (Å²) in [5, 5.41) is -0.767. The van der Waals surface area contributed by atoms with Gasteiger partial charge in [0.1, 0.15) is 0 Å². The molecule has 0 unspecified atom stereocenters. The molecular formula is C14H8F4N2O2S. The van der Waals surface area contributed by atoms with Gasteiger partial charge in [0, 0.05) is 6.07 Å². The number of aryl methyl sites for hydroxylation is 1. The molecule has 0 fully saturated rings. The van der Waals surface area contributed by atoms with E-state index >= 15 is 0 Å². The predicted molar refractivity (Wildman–Crippen MR) is 73.3 cm³/mol. The fourth-order valence-corrected chi connectivity index (χ4v) is 3.46. The number of benzene rings is 1. The number of fused-ring (bicyclic) bond motifs is 1. The normalized spacial score (nSPS) is 12.0. The molecule has 0 radical (unpaired) electrons. The van der Waals surface area contributed by atoms with E-state index in [1.807, 2.05) is 0 Å². The zero-order valence-electron chi connectivity index (χ0n) is 11.5. The van der Waals surface area contributed by atoms with Gasteiger partial charge in [0.05, 0.1) is 10.3 Å². The van der Waals surface area contributed by atoms with Crippen LogP contribution in [0.2, 0.25) is 0 Å². The van der Waals surface area contributed by atoms with Gasteiger partial charge in [-0.05, 0) is 19.1 Å². The minimum Gasteiger partial charge on any atom is -0.203 e. The molecule has 9 heteroatoms. The number of rotatable bonds is 2. The highest BCUT2D eigenvalue weighted by atomic mass is 32.2. The van der Waals surface area contributed by atoms with Crippen LogP contribution < -0.4 is 0 Å². The van der Waals surface area contributed by atoms with E-state index in [0.29, 0.717) is 6.07 Å². The highest BCUT2D eigenvalue weighted by molar-refractivity contribution is 7.90. The van der Waals surface area contributed by atoms with Crippen molar-refractivity contribution in [3.63, 3.8) is 0 Å². The maximum atomic E-state index is 14.0. The van der Waals surface area contributed by atoms with Crippen LogP contribution in [0.5, 0.6) is 0 Å². The number of hydrogen-bond donors (Lipinski definition) is 0. The van der Waals surface area contributed by atoms with E-state index in [0.717, 1.165) is 5.56 Å². The molecule has 0 saturated heterocycles. The van der Waals surface area contributed by atoms with Gasteiger partial charge >= 0.3 is 0 Å². The minimum absolute atomic E-state index is 0.0403. The van der Waals surface area contributed by atoms with Crippen molar-refractivity contribution >= 4 is 21.1 Å². The Morgan fingerprint density at radius 3 is 2.22 bits per heavy atom. The summed E-state index contributed by atoms with van der Waals surface area (Å²) in [5.41, 5.74) is -0.0986. The lowest BCUT2D eigenvalue weighted by Crippen LogP contribution is -2.16. The SMILES string of the molecule is Cc1ccc(S(=O)(=O)n2c(F)cc3c(F)c(F)c(F)nc32)cc1. The Morgan fingerprint density at radius 2 is 1.61 bits per heavy atom. The second-order valence-corrected chi connectivity index (χ2v) is 6.60. The third-order valence-electron chi connectivity index (χ3n) is 3.26. The molecule has 120 valence electrons. The van der Waals surface area contributed by atoms with Gasteiger partial charge in [0.2, 0.25) is 11.8 Å². The maximum Gasteiger partial charge on any atom is 0.271 e. The van der Waals surface area contributed by atoms with Gasteiger partial charge in [0.15, 0.2) is 11.5 Å². The molecule has 0 saturated carbocycles. The summed E-state index contributed by atoms with van der Waals surface area (Å²) in [6.45, 7) is 1.72.